The van der Waals surface area contributed by atoms with E-state index in [2.05, 4.69) is 4.90 Å². The van der Waals surface area contributed by atoms with Crippen LogP contribution in [0.1, 0.15) is 16.8 Å². The van der Waals surface area contributed by atoms with E-state index in [1.54, 1.807) is 31.2 Å². The van der Waals surface area contributed by atoms with Gasteiger partial charge in [-0.15, -0.1) is 0 Å². The van der Waals surface area contributed by atoms with Crippen molar-refractivity contribution in [1.82, 2.24) is 14.3 Å². The molecule has 1 aliphatic rings. The lowest BCUT2D eigenvalue weighted by molar-refractivity contribution is -0.130. The third kappa shape index (κ3) is 4.25. The molecule has 3 heterocycles. The van der Waals surface area contributed by atoms with Crippen LogP contribution in [0.25, 0.3) is 16.9 Å². The fraction of sp³-hybridized carbons (Fsp3) is 0.259. The SMILES string of the molecule is Cc1ccc2nc(-c3ccc(F)c(C)c3)c(CC(=O)N3CCN(c4ccc(F)cc4)CC3)n2c1. The highest BCUT2D eigenvalue weighted by molar-refractivity contribution is 5.82. The summed E-state index contributed by atoms with van der Waals surface area (Å²) in [5.74, 6) is -0.491. The topological polar surface area (TPSA) is 40.9 Å². The van der Waals surface area contributed by atoms with E-state index in [1.165, 1.54) is 18.2 Å². The zero-order valence-electron chi connectivity index (χ0n) is 19.3. The van der Waals surface area contributed by atoms with Crippen molar-refractivity contribution in [3.05, 3.63) is 89.2 Å². The largest absolute Gasteiger partial charge is 0.368 e. The van der Waals surface area contributed by atoms with Crippen molar-refractivity contribution in [1.29, 1.82) is 0 Å². The molecule has 1 fully saturated rings. The van der Waals surface area contributed by atoms with Crippen molar-refractivity contribution >= 4 is 17.2 Å². The summed E-state index contributed by atoms with van der Waals surface area (Å²) < 4.78 is 29.1. The van der Waals surface area contributed by atoms with Crippen LogP contribution < -0.4 is 4.90 Å². The van der Waals surface area contributed by atoms with Crippen LogP contribution in [0.4, 0.5) is 14.5 Å². The Kier molecular flexibility index (Phi) is 5.77. The summed E-state index contributed by atoms with van der Waals surface area (Å²) in [5, 5.41) is 0. The molecule has 0 aliphatic carbocycles. The molecule has 34 heavy (non-hydrogen) atoms. The molecular formula is C27H26F2N4O. The molecule has 1 aliphatic heterocycles. The van der Waals surface area contributed by atoms with Gasteiger partial charge in [0, 0.05) is 43.6 Å². The Hall–Kier alpha value is -3.74. The summed E-state index contributed by atoms with van der Waals surface area (Å²) in [6.45, 7) is 6.29. The number of rotatable bonds is 4. The van der Waals surface area contributed by atoms with Gasteiger partial charge in [0.2, 0.25) is 5.91 Å². The molecule has 1 saturated heterocycles. The maximum Gasteiger partial charge on any atom is 0.228 e. The molecule has 5 nitrogen and oxygen atoms in total. The number of piperazine rings is 1. The zero-order valence-corrected chi connectivity index (χ0v) is 19.3. The van der Waals surface area contributed by atoms with Crippen molar-refractivity contribution in [2.75, 3.05) is 31.1 Å². The smallest absolute Gasteiger partial charge is 0.228 e. The van der Waals surface area contributed by atoms with Gasteiger partial charge in [-0.2, -0.15) is 0 Å². The molecular weight excluding hydrogens is 434 g/mol. The monoisotopic (exact) mass is 460 g/mol. The molecule has 0 N–H and O–H groups in total. The third-order valence-corrected chi connectivity index (χ3v) is 6.44. The van der Waals surface area contributed by atoms with E-state index < -0.39 is 0 Å². The average Bonchev–Trinajstić information content (AvgIpc) is 3.19. The fourth-order valence-electron chi connectivity index (χ4n) is 4.51. The number of carbonyl (C=O) groups excluding carboxylic acids is 1. The van der Waals surface area contributed by atoms with E-state index in [-0.39, 0.29) is 24.0 Å². The van der Waals surface area contributed by atoms with E-state index in [9.17, 15) is 13.6 Å². The molecule has 5 rings (SSSR count). The Morgan fingerprint density at radius 2 is 1.68 bits per heavy atom. The van der Waals surface area contributed by atoms with Crippen molar-refractivity contribution in [2.24, 2.45) is 0 Å². The number of carbonyl (C=O) groups is 1. The van der Waals surface area contributed by atoms with Crippen molar-refractivity contribution < 1.29 is 13.6 Å². The minimum absolute atomic E-state index is 0.0298. The van der Waals surface area contributed by atoms with Gasteiger partial charge in [-0.25, -0.2) is 13.8 Å². The Morgan fingerprint density at radius 3 is 2.38 bits per heavy atom. The third-order valence-electron chi connectivity index (χ3n) is 6.44. The summed E-state index contributed by atoms with van der Waals surface area (Å²) in [4.78, 5) is 22.2. The molecule has 0 unspecified atom stereocenters. The van der Waals surface area contributed by atoms with Gasteiger partial charge in [0.15, 0.2) is 0 Å². The summed E-state index contributed by atoms with van der Waals surface area (Å²) in [6, 6.07) is 15.3. The number of nitrogens with zero attached hydrogens (tertiary/aromatic N) is 4. The second-order valence-electron chi connectivity index (χ2n) is 8.83. The predicted molar refractivity (Wildman–Crippen MR) is 129 cm³/mol. The van der Waals surface area contributed by atoms with Crippen molar-refractivity contribution in [3.8, 4) is 11.3 Å². The van der Waals surface area contributed by atoms with E-state index in [0.717, 1.165) is 28.2 Å². The number of anilines is 1. The lowest BCUT2D eigenvalue weighted by atomic mass is 10.1. The number of hydrogen-bond donors (Lipinski definition) is 0. The quantitative estimate of drug-likeness (QED) is 0.440. The van der Waals surface area contributed by atoms with Gasteiger partial charge >= 0.3 is 0 Å². The summed E-state index contributed by atoms with van der Waals surface area (Å²) >= 11 is 0. The van der Waals surface area contributed by atoms with E-state index in [0.29, 0.717) is 37.4 Å². The maximum absolute atomic E-state index is 13.9. The number of aryl methyl sites for hydroxylation is 2. The molecule has 0 spiro atoms. The van der Waals surface area contributed by atoms with Crippen LogP contribution in [-0.2, 0) is 11.2 Å². The summed E-state index contributed by atoms with van der Waals surface area (Å²) in [6.07, 6.45) is 2.18. The number of aromatic nitrogens is 2. The minimum atomic E-state index is -0.264. The van der Waals surface area contributed by atoms with E-state index in [4.69, 9.17) is 4.98 Å². The van der Waals surface area contributed by atoms with Crippen LogP contribution in [0.5, 0.6) is 0 Å². The Labute approximate surface area is 197 Å². The lowest BCUT2D eigenvalue weighted by Crippen LogP contribution is -2.49. The number of halogens is 2. The van der Waals surface area contributed by atoms with Crippen LogP contribution in [0.15, 0.2) is 60.8 Å². The lowest BCUT2D eigenvalue weighted by Gasteiger charge is -2.36. The van der Waals surface area contributed by atoms with Gasteiger partial charge < -0.3 is 14.2 Å². The molecule has 2 aromatic heterocycles. The zero-order chi connectivity index (χ0) is 23.8. The molecule has 174 valence electrons. The van der Waals surface area contributed by atoms with Gasteiger partial charge in [0.25, 0.3) is 0 Å². The first kappa shape index (κ1) is 22.1. The summed E-state index contributed by atoms with van der Waals surface area (Å²) in [5.41, 5.74) is 5.62. The Morgan fingerprint density at radius 1 is 0.941 bits per heavy atom. The van der Waals surface area contributed by atoms with Crippen LogP contribution in [0.3, 0.4) is 0 Å². The first-order valence-corrected chi connectivity index (χ1v) is 11.4. The normalized spacial score (nSPS) is 14.1. The van der Waals surface area contributed by atoms with E-state index >= 15 is 0 Å². The standard InChI is InChI=1S/C27H26F2N4O/c1-18-3-10-25-30-27(20-4-9-23(29)19(2)15-20)24(33(25)17-18)16-26(34)32-13-11-31(12-14-32)22-7-5-21(28)6-8-22/h3-10,15,17H,11-14,16H2,1-2H3. The Bertz CT molecular complexity index is 1360. The Balaban J connectivity index is 1.39. The molecule has 0 saturated carbocycles. The highest BCUT2D eigenvalue weighted by Gasteiger charge is 2.24. The van der Waals surface area contributed by atoms with Gasteiger partial charge in [-0.05, 0) is 73.5 Å². The molecule has 7 heteroatoms. The second kappa shape index (κ2) is 8.89. The minimum Gasteiger partial charge on any atom is -0.368 e. The van der Waals surface area contributed by atoms with Crippen molar-refractivity contribution in [2.45, 2.75) is 20.3 Å². The number of pyridine rings is 1. The maximum atomic E-state index is 13.9. The molecule has 4 aromatic rings. The van der Waals surface area contributed by atoms with Gasteiger partial charge in [-0.3, -0.25) is 4.79 Å². The summed E-state index contributed by atoms with van der Waals surface area (Å²) in [7, 11) is 0. The van der Waals surface area contributed by atoms with Crippen LogP contribution in [-0.4, -0.2) is 46.4 Å². The van der Waals surface area contributed by atoms with Gasteiger partial charge in [0.1, 0.15) is 17.3 Å². The van der Waals surface area contributed by atoms with E-state index in [1.807, 2.05) is 34.6 Å². The molecule has 0 atom stereocenters. The molecule has 2 aromatic carbocycles. The highest BCUT2D eigenvalue weighted by Crippen LogP contribution is 2.28. The first-order valence-electron chi connectivity index (χ1n) is 11.4. The van der Waals surface area contributed by atoms with Crippen LogP contribution in [0, 0.1) is 25.5 Å². The van der Waals surface area contributed by atoms with Gasteiger partial charge in [-0.1, -0.05) is 6.07 Å². The number of hydrogen-bond acceptors (Lipinski definition) is 3. The first-order chi connectivity index (χ1) is 16.4. The van der Waals surface area contributed by atoms with Gasteiger partial charge in [0.05, 0.1) is 17.8 Å². The van der Waals surface area contributed by atoms with Crippen molar-refractivity contribution in [3.63, 3.8) is 0 Å². The van der Waals surface area contributed by atoms with Crippen LogP contribution >= 0.6 is 0 Å². The van der Waals surface area contributed by atoms with Crippen LogP contribution in [0.2, 0.25) is 0 Å². The highest BCUT2D eigenvalue weighted by atomic mass is 19.1. The fourth-order valence-corrected chi connectivity index (χ4v) is 4.51. The number of amides is 1. The molecule has 1 amide bonds. The number of benzene rings is 2. The predicted octanol–water partition coefficient (Wildman–Crippen LogP) is 4.79. The molecule has 0 radical (unpaired) electrons. The molecule has 0 bridgehead atoms. The average molecular weight is 461 g/mol. The second-order valence-corrected chi connectivity index (χ2v) is 8.83. The number of imidazole rings is 1. The number of fused-ring (bicyclic) bond motifs is 1.